The lowest BCUT2D eigenvalue weighted by Crippen LogP contribution is -2.58. The highest BCUT2D eigenvalue weighted by Crippen LogP contribution is 2.18. The van der Waals surface area contributed by atoms with E-state index in [1.807, 2.05) is 0 Å². The molecule has 2 unspecified atom stereocenters. The van der Waals surface area contributed by atoms with Crippen LogP contribution in [0.15, 0.2) is 0 Å². The number of morpholine rings is 1. The molecule has 2 bridgehead atoms. The lowest BCUT2D eigenvalue weighted by atomic mass is 10.0. The molecule has 0 spiro atoms. The van der Waals surface area contributed by atoms with Crippen molar-refractivity contribution in [3.8, 4) is 0 Å². The quantitative estimate of drug-likeness (QED) is 0.672. The van der Waals surface area contributed by atoms with Crippen LogP contribution in [0.3, 0.4) is 0 Å². The minimum Gasteiger partial charge on any atom is -0.376 e. The number of nitrogens with zero attached hydrogens (tertiary/aromatic N) is 1. The Morgan fingerprint density at radius 1 is 1.29 bits per heavy atom. The van der Waals surface area contributed by atoms with E-state index < -0.39 is 0 Å². The van der Waals surface area contributed by atoms with E-state index >= 15 is 0 Å². The summed E-state index contributed by atoms with van der Waals surface area (Å²) < 4.78 is 11.2. The fourth-order valence-electron chi connectivity index (χ4n) is 2.23. The van der Waals surface area contributed by atoms with E-state index in [1.165, 1.54) is 0 Å². The van der Waals surface area contributed by atoms with E-state index in [4.69, 9.17) is 15.2 Å². The third kappa shape index (κ3) is 2.67. The van der Waals surface area contributed by atoms with Crippen molar-refractivity contribution in [1.29, 1.82) is 0 Å². The second-order valence-corrected chi connectivity index (χ2v) is 5.10. The molecular weight excluding hydrogens is 180 g/mol. The Morgan fingerprint density at radius 2 is 1.86 bits per heavy atom. The molecule has 2 aliphatic rings. The molecule has 0 aliphatic carbocycles. The molecular formula is C10H20N2O2. The van der Waals surface area contributed by atoms with Crippen LogP contribution in [-0.2, 0) is 9.47 Å². The first-order chi connectivity index (χ1) is 6.53. The van der Waals surface area contributed by atoms with Gasteiger partial charge in [0.2, 0.25) is 0 Å². The standard InChI is InChI=1S/C10H20N2O2/c1-10(2,11)7-12-3-8-5-13-6-9(4-12)14-8/h8-9H,3-7,11H2,1-2H3. The van der Waals surface area contributed by atoms with Gasteiger partial charge in [0.05, 0.1) is 25.4 Å². The first kappa shape index (κ1) is 10.4. The Labute approximate surface area is 85.3 Å². The van der Waals surface area contributed by atoms with Gasteiger partial charge in [-0.2, -0.15) is 0 Å². The predicted octanol–water partition coefficient (Wildman–Crippen LogP) is -0.177. The lowest BCUT2D eigenvalue weighted by molar-refractivity contribution is -0.180. The van der Waals surface area contributed by atoms with Gasteiger partial charge in [-0.05, 0) is 13.8 Å². The number of nitrogens with two attached hydrogens (primary N) is 1. The van der Waals surface area contributed by atoms with Crippen molar-refractivity contribution in [2.24, 2.45) is 5.73 Å². The number of hydrogen-bond donors (Lipinski definition) is 1. The first-order valence-electron chi connectivity index (χ1n) is 5.27. The molecule has 0 aromatic rings. The van der Waals surface area contributed by atoms with Gasteiger partial charge in [-0.25, -0.2) is 0 Å². The zero-order valence-corrected chi connectivity index (χ0v) is 9.03. The molecule has 0 amide bonds. The highest BCUT2D eigenvalue weighted by molar-refractivity contribution is 4.85. The second kappa shape index (κ2) is 3.77. The van der Waals surface area contributed by atoms with Crippen molar-refractivity contribution < 1.29 is 9.47 Å². The average molecular weight is 200 g/mol. The average Bonchev–Trinajstić information content (AvgIpc) is 1.99. The smallest absolute Gasteiger partial charge is 0.0940 e. The highest BCUT2D eigenvalue weighted by atomic mass is 16.6. The minimum atomic E-state index is -0.119. The summed E-state index contributed by atoms with van der Waals surface area (Å²) in [5.41, 5.74) is 5.88. The van der Waals surface area contributed by atoms with Crippen LogP contribution < -0.4 is 5.73 Å². The molecule has 2 saturated heterocycles. The molecule has 2 N–H and O–H groups in total. The maximum absolute atomic E-state index is 6.00. The van der Waals surface area contributed by atoms with Gasteiger partial charge < -0.3 is 15.2 Å². The molecule has 82 valence electrons. The summed E-state index contributed by atoms with van der Waals surface area (Å²) in [6.07, 6.45) is 0.509. The normalized spacial score (nSPS) is 34.5. The molecule has 2 aliphatic heterocycles. The molecule has 4 heteroatoms. The molecule has 14 heavy (non-hydrogen) atoms. The van der Waals surface area contributed by atoms with E-state index in [0.717, 1.165) is 32.8 Å². The SMILES string of the molecule is CC(C)(N)CN1CC2COCC(C1)O2. The van der Waals surface area contributed by atoms with Gasteiger partial charge in [-0.3, -0.25) is 4.90 Å². The topological polar surface area (TPSA) is 47.7 Å². The third-order valence-electron chi connectivity index (χ3n) is 2.55. The van der Waals surface area contributed by atoms with E-state index in [9.17, 15) is 0 Å². The number of rotatable bonds is 2. The van der Waals surface area contributed by atoms with Crippen LogP contribution in [0.4, 0.5) is 0 Å². The lowest BCUT2D eigenvalue weighted by Gasteiger charge is -2.43. The van der Waals surface area contributed by atoms with Gasteiger partial charge in [0.1, 0.15) is 0 Å². The Hall–Kier alpha value is -0.160. The zero-order valence-electron chi connectivity index (χ0n) is 9.03. The molecule has 4 nitrogen and oxygen atoms in total. The third-order valence-corrected chi connectivity index (χ3v) is 2.55. The van der Waals surface area contributed by atoms with Gasteiger partial charge in [0, 0.05) is 25.2 Å². The van der Waals surface area contributed by atoms with Gasteiger partial charge >= 0.3 is 0 Å². The molecule has 2 atom stereocenters. The molecule has 2 fully saturated rings. The van der Waals surface area contributed by atoms with Crippen molar-refractivity contribution in [3.63, 3.8) is 0 Å². The van der Waals surface area contributed by atoms with Crippen molar-refractivity contribution in [2.75, 3.05) is 32.8 Å². The Kier molecular flexibility index (Phi) is 2.79. The molecule has 2 heterocycles. The van der Waals surface area contributed by atoms with Crippen molar-refractivity contribution >= 4 is 0 Å². The maximum atomic E-state index is 6.00. The van der Waals surface area contributed by atoms with Gasteiger partial charge in [0.25, 0.3) is 0 Å². The Morgan fingerprint density at radius 3 is 2.36 bits per heavy atom. The first-order valence-corrected chi connectivity index (χ1v) is 5.27. The van der Waals surface area contributed by atoms with E-state index in [2.05, 4.69) is 18.7 Å². The largest absolute Gasteiger partial charge is 0.376 e. The summed E-state index contributed by atoms with van der Waals surface area (Å²) in [6.45, 7) is 8.44. The Bertz CT molecular complexity index is 191. The Balaban J connectivity index is 1.89. The van der Waals surface area contributed by atoms with Gasteiger partial charge in [-0.15, -0.1) is 0 Å². The summed E-state index contributed by atoms with van der Waals surface area (Å²) in [6, 6.07) is 0. The molecule has 0 radical (unpaired) electrons. The molecule has 0 aromatic heterocycles. The summed E-state index contributed by atoms with van der Waals surface area (Å²) in [7, 11) is 0. The highest BCUT2D eigenvalue weighted by Gasteiger charge is 2.33. The fraction of sp³-hybridized carbons (Fsp3) is 1.00. The maximum Gasteiger partial charge on any atom is 0.0940 e. The monoisotopic (exact) mass is 200 g/mol. The summed E-state index contributed by atoms with van der Waals surface area (Å²) >= 11 is 0. The van der Waals surface area contributed by atoms with Crippen LogP contribution >= 0.6 is 0 Å². The summed E-state index contributed by atoms with van der Waals surface area (Å²) in [5, 5.41) is 0. The minimum absolute atomic E-state index is 0.119. The zero-order chi connectivity index (χ0) is 10.2. The van der Waals surface area contributed by atoms with Gasteiger partial charge in [0.15, 0.2) is 0 Å². The number of hydrogen-bond acceptors (Lipinski definition) is 4. The molecule has 0 saturated carbocycles. The van der Waals surface area contributed by atoms with Gasteiger partial charge in [-0.1, -0.05) is 0 Å². The van der Waals surface area contributed by atoms with Crippen LogP contribution in [0.5, 0.6) is 0 Å². The van der Waals surface area contributed by atoms with Crippen molar-refractivity contribution in [2.45, 2.75) is 31.6 Å². The number of fused-ring (bicyclic) bond motifs is 2. The van der Waals surface area contributed by atoms with E-state index in [0.29, 0.717) is 0 Å². The van der Waals surface area contributed by atoms with Crippen molar-refractivity contribution in [1.82, 2.24) is 4.90 Å². The number of ether oxygens (including phenoxy) is 2. The summed E-state index contributed by atoms with van der Waals surface area (Å²) in [5.74, 6) is 0. The fourth-order valence-corrected chi connectivity index (χ4v) is 2.23. The van der Waals surface area contributed by atoms with Crippen molar-refractivity contribution in [3.05, 3.63) is 0 Å². The van der Waals surface area contributed by atoms with Crippen LogP contribution in [0, 0.1) is 0 Å². The van der Waals surface area contributed by atoms with Crippen LogP contribution in [0.25, 0.3) is 0 Å². The second-order valence-electron chi connectivity index (χ2n) is 5.10. The summed E-state index contributed by atoms with van der Waals surface area (Å²) in [4.78, 5) is 2.39. The van der Waals surface area contributed by atoms with E-state index in [-0.39, 0.29) is 17.7 Å². The van der Waals surface area contributed by atoms with Crippen LogP contribution in [0.1, 0.15) is 13.8 Å². The van der Waals surface area contributed by atoms with Crippen LogP contribution in [0.2, 0.25) is 0 Å². The van der Waals surface area contributed by atoms with Crippen LogP contribution in [-0.4, -0.2) is 55.5 Å². The molecule has 2 rings (SSSR count). The van der Waals surface area contributed by atoms with E-state index in [1.54, 1.807) is 0 Å². The molecule has 0 aromatic carbocycles. The predicted molar refractivity (Wildman–Crippen MR) is 54.2 cm³/mol.